The molecule has 1 aliphatic carbocycles. The van der Waals surface area contributed by atoms with Gasteiger partial charge in [-0.05, 0) is 44.4 Å². The number of fused-ring (bicyclic) bond motifs is 1. The van der Waals surface area contributed by atoms with Gasteiger partial charge in [0.15, 0.2) is 0 Å². The molecule has 1 saturated carbocycles. The maximum absolute atomic E-state index is 6.22. The van der Waals surface area contributed by atoms with Gasteiger partial charge in [-0.3, -0.25) is 4.68 Å². The quantitative estimate of drug-likeness (QED) is 0.835. The number of aryl methyl sites for hydroxylation is 2. The van der Waals surface area contributed by atoms with Crippen molar-refractivity contribution in [3.8, 4) is 0 Å². The van der Waals surface area contributed by atoms with Gasteiger partial charge >= 0.3 is 0 Å². The van der Waals surface area contributed by atoms with Crippen LogP contribution >= 0.6 is 0 Å². The van der Waals surface area contributed by atoms with Crippen molar-refractivity contribution < 1.29 is 0 Å². The molecule has 0 atom stereocenters. The van der Waals surface area contributed by atoms with Crippen molar-refractivity contribution in [2.24, 2.45) is 5.73 Å². The van der Waals surface area contributed by atoms with Crippen LogP contribution in [0.2, 0.25) is 0 Å². The van der Waals surface area contributed by atoms with Crippen LogP contribution < -0.4 is 5.73 Å². The number of aromatic nitrogens is 2. The third-order valence-electron chi connectivity index (χ3n) is 3.60. The van der Waals surface area contributed by atoms with Gasteiger partial charge in [0.25, 0.3) is 0 Å². The molecule has 0 radical (unpaired) electrons. The Kier molecular flexibility index (Phi) is 1.89. The second-order valence-corrected chi connectivity index (χ2v) is 4.79. The summed E-state index contributed by atoms with van der Waals surface area (Å²) in [6.45, 7) is 5.09. The first kappa shape index (κ1) is 9.85. The summed E-state index contributed by atoms with van der Waals surface area (Å²) in [5.74, 6) is 0. The van der Waals surface area contributed by atoms with E-state index >= 15 is 0 Å². The molecule has 3 rings (SSSR count). The Labute approximate surface area is 95.2 Å². The predicted molar refractivity (Wildman–Crippen MR) is 65.2 cm³/mol. The zero-order valence-corrected chi connectivity index (χ0v) is 9.83. The van der Waals surface area contributed by atoms with Crippen molar-refractivity contribution in [1.82, 2.24) is 9.78 Å². The summed E-state index contributed by atoms with van der Waals surface area (Å²) < 4.78 is 2.05. The van der Waals surface area contributed by atoms with Gasteiger partial charge < -0.3 is 5.73 Å². The first-order valence-corrected chi connectivity index (χ1v) is 5.90. The molecule has 0 spiro atoms. The molecule has 3 heteroatoms. The maximum Gasteiger partial charge on any atom is 0.0685 e. The Morgan fingerprint density at radius 3 is 2.81 bits per heavy atom. The lowest BCUT2D eigenvalue weighted by molar-refractivity contribution is 0.676. The fourth-order valence-electron chi connectivity index (χ4n) is 2.31. The van der Waals surface area contributed by atoms with Crippen molar-refractivity contribution in [2.45, 2.75) is 38.8 Å². The van der Waals surface area contributed by atoms with E-state index in [2.05, 4.69) is 37.1 Å². The Morgan fingerprint density at radius 2 is 2.19 bits per heavy atom. The van der Waals surface area contributed by atoms with Crippen LogP contribution in [-0.2, 0) is 12.1 Å². The molecule has 0 saturated heterocycles. The predicted octanol–water partition coefficient (Wildman–Crippen LogP) is 2.31. The number of hydrogen-bond acceptors (Lipinski definition) is 2. The van der Waals surface area contributed by atoms with Crippen molar-refractivity contribution in [1.29, 1.82) is 0 Å². The van der Waals surface area contributed by atoms with Crippen LogP contribution in [0.5, 0.6) is 0 Å². The molecule has 84 valence electrons. The second-order valence-electron chi connectivity index (χ2n) is 4.79. The largest absolute Gasteiger partial charge is 0.321 e. The van der Waals surface area contributed by atoms with Crippen molar-refractivity contribution in [3.05, 3.63) is 29.5 Å². The van der Waals surface area contributed by atoms with Gasteiger partial charge in [-0.25, -0.2) is 0 Å². The maximum atomic E-state index is 6.22. The first-order valence-electron chi connectivity index (χ1n) is 5.90. The highest BCUT2D eigenvalue weighted by Gasteiger charge is 2.40. The van der Waals surface area contributed by atoms with Crippen molar-refractivity contribution >= 4 is 10.9 Å². The molecule has 1 aromatic carbocycles. The lowest BCUT2D eigenvalue weighted by Gasteiger charge is -2.09. The topological polar surface area (TPSA) is 43.8 Å². The van der Waals surface area contributed by atoms with E-state index in [1.165, 1.54) is 16.5 Å². The first-order chi connectivity index (χ1) is 7.64. The van der Waals surface area contributed by atoms with E-state index in [0.29, 0.717) is 0 Å². The summed E-state index contributed by atoms with van der Waals surface area (Å²) in [6, 6.07) is 6.53. The molecule has 0 unspecified atom stereocenters. The molecule has 2 aromatic rings. The molecule has 16 heavy (non-hydrogen) atoms. The van der Waals surface area contributed by atoms with E-state index in [4.69, 9.17) is 5.73 Å². The van der Waals surface area contributed by atoms with Crippen molar-refractivity contribution in [3.63, 3.8) is 0 Å². The minimum Gasteiger partial charge on any atom is -0.321 e. The number of benzene rings is 1. The number of nitrogens with two attached hydrogens (primary N) is 1. The molecule has 1 heterocycles. The van der Waals surface area contributed by atoms with Gasteiger partial charge in [-0.1, -0.05) is 6.07 Å². The van der Waals surface area contributed by atoms with Gasteiger partial charge in [0.1, 0.15) is 0 Å². The lowest BCUT2D eigenvalue weighted by atomic mass is 10.0. The van der Waals surface area contributed by atoms with Gasteiger partial charge in [0, 0.05) is 17.5 Å². The Bertz CT molecular complexity index is 550. The number of rotatable bonds is 2. The highest BCUT2D eigenvalue weighted by atomic mass is 15.3. The summed E-state index contributed by atoms with van der Waals surface area (Å²) in [6.07, 6.45) is 2.22. The fourth-order valence-corrected chi connectivity index (χ4v) is 2.31. The smallest absolute Gasteiger partial charge is 0.0685 e. The van der Waals surface area contributed by atoms with Crippen LogP contribution in [0, 0.1) is 6.92 Å². The van der Waals surface area contributed by atoms with E-state index in [9.17, 15) is 0 Å². The second kappa shape index (κ2) is 3.08. The number of hydrogen-bond donors (Lipinski definition) is 1. The Balaban J connectivity index is 2.21. The van der Waals surface area contributed by atoms with Crippen LogP contribution in [0.15, 0.2) is 18.2 Å². The average Bonchev–Trinajstić information content (AvgIpc) is 2.96. The molecule has 3 nitrogen and oxygen atoms in total. The molecule has 1 aromatic heterocycles. The van der Waals surface area contributed by atoms with Crippen molar-refractivity contribution in [2.75, 3.05) is 0 Å². The minimum atomic E-state index is -0.0467. The Morgan fingerprint density at radius 1 is 1.44 bits per heavy atom. The van der Waals surface area contributed by atoms with Crippen LogP contribution in [0.4, 0.5) is 0 Å². The highest BCUT2D eigenvalue weighted by Crippen LogP contribution is 2.43. The fraction of sp³-hybridized carbons (Fsp3) is 0.462. The molecule has 0 bridgehead atoms. The van der Waals surface area contributed by atoms with E-state index in [1.807, 2.05) is 4.68 Å². The van der Waals surface area contributed by atoms with E-state index in [1.54, 1.807) is 0 Å². The highest BCUT2D eigenvalue weighted by molar-refractivity contribution is 5.83. The molecule has 1 aliphatic rings. The average molecular weight is 215 g/mol. The SMILES string of the molecule is CCn1nc(C)c2cc(C3(N)CC3)ccc21. The Hall–Kier alpha value is -1.35. The summed E-state index contributed by atoms with van der Waals surface area (Å²) in [4.78, 5) is 0. The van der Waals surface area contributed by atoms with Gasteiger partial charge in [0.2, 0.25) is 0 Å². The lowest BCUT2D eigenvalue weighted by Crippen LogP contribution is -2.18. The monoisotopic (exact) mass is 215 g/mol. The summed E-state index contributed by atoms with van der Waals surface area (Å²) in [5, 5.41) is 5.77. The van der Waals surface area contributed by atoms with Crippen LogP contribution in [0.25, 0.3) is 10.9 Å². The number of nitrogens with zero attached hydrogens (tertiary/aromatic N) is 2. The van der Waals surface area contributed by atoms with Gasteiger partial charge in [-0.15, -0.1) is 0 Å². The molecule has 0 aliphatic heterocycles. The van der Waals surface area contributed by atoms with E-state index in [-0.39, 0.29) is 5.54 Å². The van der Waals surface area contributed by atoms with E-state index < -0.39 is 0 Å². The standard InChI is InChI=1S/C13H17N3/c1-3-16-12-5-4-10(13(14)6-7-13)8-11(12)9(2)15-16/h4-5,8H,3,6-7,14H2,1-2H3. The molecule has 1 fully saturated rings. The van der Waals surface area contributed by atoms with Crippen LogP contribution in [0.1, 0.15) is 31.0 Å². The van der Waals surface area contributed by atoms with Gasteiger partial charge in [-0.2, -0.15) is 5.10 Å². The summed E-state index contributed by atoms with van der Waals surface area (Å²) >= 11 is 0. The van der Waals surface area contributed by atoms with Crippen LogP contribution in [-0.4, -0.2) is 9.78 Å². The summed E-state index contributed by atoms with van der Waals surface area (Å²) in [7, 11) is 0. The zero-order valence-electron chi connectivity index (χ0n) is 9.83. The summed E-state index contributed by atoms with van der Waals surface area (Å²) in [5.41, 5.74) is 9.75. The molecule has 2 N–H and O–H groups in total. The molecular formula is C13H17N3. The third kappa shape index (κ3) is 1.28. The third-order valence-corrected chi connectivity index (χ3v) is 3.60. The molecular weight excluding hydrogens is 198 g/mol. The van der Waals surface area contributed by atoms with E-state index in [0.717, 1.165) is 25.1 Å². The minimum absolute atomic E-state index is 0.0467. The van der Waals surface area contributed by atoms with Gasteiger partial charge in [0.05, 0.1) is 11.2 Å². The normalized spacial score (nSPS) is 17.9. The molecule has 0 amide bonds. The van der Waals surface area contributed by atoms with Crippen LogP contribution in [0.3, 0.4) is 0 Å². The zero-order chi connectivity index (χ0) is 11.3.